The lowest BCUT2D eigenvalue weighted by Gasteiger charge is -2.22. The van der Waals surface area contributed by atoms with E-state index in [-0.39, 0.29) is 11.7 Å². The minimum atomic E-state index is -0.228. The molecule has 2 rings (SSSR count). The van der Waals surface area contributed by atoms with Gasteiger partial charge in [0.2, 0.25) is 5.91 Å². The molecule has 18 heavy (non-hydrogen) atoms. The van der Waals surface area contributed by atoms with Crippen LogP contribution in [0.1, 0.15) is 44.6 Å². The summed E-state index contributed by atoms with van der Waals surface area (Å²) < 4.78 is 12.8. The molecular weight excluding hydrogens is 229 g/mol. The molecule has 0 spiro atoms. The van der Waals surface area contributed by atoms with E-state index < -0.39 is 0 Å². The molecule has 0 atom stereocenters. The van der Waals surface area contributed by atoms with E-state index in [1.165, 1.54) is 12.1 Å². The maximum absolute atomic E-state index is 12.8. The average molecular weight is 249 g/mol. The largest absolute Gasteiger partial charge is 0.335 e. The van der Waals surface area contributed by atoms with Crippen LogP contribution in [0.2, 0.25) is 0 Å². The molecule has 1 aromatic rings. The van der Waals surface area contributed by atoms with Crippen LogP contribution < -0.4 is 0 Å². The number of halogens is 1. The van der Waals surface area contributed by atoms with Gasteiger partial charge in [-0.2, -0.15) is 0 Å². The molecule has 0 unspecified atom stereocenters. The second-order valence-electron chi connectivity index (χ2n) is 4.98. The number of amides is 1. The third-order valence-electron chi connectivity index (χ3n) is 3.32. The first-order valence-electron chi connectivity index (χ1n) is 6.74. The highest BCUT2D eigenvalue weighted by Gasteiger charge is 2.31. The molecule has 1 aromatic carbocycles. The summed E-state index contributed by atoms with van der Waals surface area (Å²) in [5, 5.41) is 0. The fraction of sp³-hybridized carbons (Fsp3) is 0.533. The quantitative estimate of drug-likeness (QED) is 0.755. The van der Waals surface area contributed by atoms with Crippen molar-refractivity contribution in [1.29, 1.82) is 0 Å². The van der Waals surface area contributed by atoms with Gasteiger partial charge in [-0.15, -0.1) is 0 Å². The highest BCUT2D eigenvalue weighted by atomic mass is 19.1. The van der Waals surface area contributed by atoms with Gasteiger partial charge in [0.15, 0.2) is 0 Å². The summed E-state index contributed by atoms with van der Waals surface area (Å²) in [6.07, 6.45) is 4.85. The van der Waals surface area contributed by atoms with Crippen molar-refractivity contribution in [2.45, 2.75) is 51.6 Å². The van der Waals surface area contributed by atoms with Crippen molar-refractivity contribution < 1.29 is 9.18 Å². The van der Waals surface area contributed by atoms with E-state index in [4.69, 9.17) is 0 Å². The molecule has 0 aromatic heterocycles. The maximum Gasteiger partial charge on any atom is 0.223 e. The number of rotatable bonds is 6. The van der Waals surface area contributed by atoms with Crippen LogP contribution in [-0.2, 0) is 11.3 Å². The van der Waals surface area contributed by atoms with Crippen molar-refractivity contribution in [1.82, 2.24) is 4.90 Å². The minimum absolute atomic E-state index is 0.228. The monoisotopic (exact) mass is 249 g/mol. The van der Waals surface area contributed by atoms with Gasteiger partial charge >= 0.3 is 0 Å². The maximum atomic E-state index is 12.8. The lowest BCUT2D eigenvalue weighted by Crippen LogP contribution is -2.32. The van der Waals surface area contributed by atoms with Crippen LogP contribution in [0.25, 0.3) is 0 Å². The van der Waals surface area contributed by atoms with Gasteiger partial charge < -0.3 is 4.90 Å². The summed E-state index contributed by atoms with van der Waals surface area (Å²) in [6, 6.07) is 6.85. The Morgan fingerprint density at radius 2 is 2.00 bits per heavy atom. The molecule has 0 heterocycles. The Hall–Kier alpha value is -1.38. The first kappa shape index (κ1) is 13.1. The predicted octanol–water partition coefficient (Wildman–Crippen LogP) is 3.51. The van der Waals surface area contributed by atoms with Crippen LogP contribution in [0, 0.1) is 5.82 Å². The first-order chi connectivity index (χ1) is 8.70. The summed E-state index contributed by atoms with van der Waals surface area (Å²) >= 11 is 0. The van der Waals surface area contributed by atoms with Gasteiger partial charge in [0.1, 0.15) is 5.82 Å². The lowest BCUT2D eigenvalue weighted by molar-refractivity contribution is -0.132. The first-order valence-corrected chi connectivity index (χ1v) is 6.74. The molecule has 0 radical (unpaired) electrons. The van der Waals surface area contributed by atoms with Gasteiger partial charge in [0.25, 0.3) is 0 Å². The molecule has 1 amide bonds. The molecule has 98 valence electrons. The average Bonchev–Trinajstić information content (AvgIpc) is 3.19. The molecule has 0 N–H and O–H groups in total. The van der Waals surface area contributed by atoms with Crippen molar-refractivity contribution in [3.63, 3.8) is 0 Å². The summed E-state index contributed by atoms with van der Waals surface area (Å²) in [5.74, 6) is 0.0118. The fourth-order valence-corrected chi connectivity index (χ4v) is 2.07. The molecule has 0 aliphatic heterocycles. The molecular formula is C15H20FNO. The molecule has 1 aliphatic rings. The van der Waals surface area contributed by atoms with Crippen LogP contribution >= 0.6 is 0 Å². The van der Waals surface area contributed by atoms with Crippen molar-refractivity contribution in [2.75, 3.05) is 0 Å². The van der Waals surface area contributed by atoms with Crippen LogP contribution in [0.3, 0.4) is 0 Å². The number of carbonyl (C=O) groups is 1. The van der Waals surface area contributed by atoms with Gasteiger partial charge in [-0.3, -0.25) is 4.79 Å². The number of unbranched alkanes of at least 4 members (excludes halogenated alkanes) is 1. The van der Waals surface area contributed by atoms with Gasteiger partial charge in [-0.25, -0.2) is 4.39 Å². The normalized spacial score (nSPS) is 14.6. The number of hydrogen-bond acceptors (Lipinski definition) is 1. The van der Waals surface area contributed by atoms with Gasteiger partial charge in [0, 0.05) is 19.0 Å². The smallest absolute Gasteiger partial charge is 0.223 e. The Morgan fingerprint density at radius 3 is 2.56 bits per heavy atom. The van der Waals surface area contributed by atoms with Crippen molar-refractivity contribution in [3.8, 4) is 0 Å². The van der Waals surface area contributed by atoms with E-state index in [0.29, 0.717) is 19.0 Å². The van der Waals surface area contributed by atoms with Crippen molar-refractivity contribution >= 4 is 5.91 Å². The third kappa shape index (κ3) is 3.56. The van der Waals surface area contributed by atoms with Crippen LogP contribution in [0.4, 0.5) is 4.39 Å². The standard InChI is InChI=1S/C15H20FNO/c1-2-3-4-15(18)17(14-9-10-14)11-12-5-7-13(16)8-6-12/h5-8,14H,2-4,9-11H2,1H3. The molecule has 0 saturated heterocycles. The fourth-order valence-electron chi connectivity index (χ4n) is 2.07. The Kier molecular flexibility index (Phi) is 4.34. The lowest BCUT2D eigenvalue weighted by atomic mass is 10.2. The second-order valence-corrected chi connectivity index (χ2v) is 4.98. The van der Waals surface area contributed by atoms with E-state index in [9.17, 15) is 9.18 Å². The highest BCUT2D eigenvalue weighted by Crippen LogP contribution is 2.29. The highest BCUT2D eigenvalue weighted by molar-refractivity contribution is 5.76. The Morgan fingerprint density at radius 1 is 1.33 bits per heavy atom. The Bertz CT molecular complexity index is 397. The summed E-state index contributed by atoms with van der Waals surface area (Å²) in [4.78, 5) is 14.1. The van der Waals surface area contributed by atoms with E-state index >= 15 is 0 Å². The summed E-state index contributed by atoms with van der Waals surface area (Å²) in [5.41, 5.74) is 1.01. The van der Waals surface area contributed by atoms with E-state index in [1.54, 1.807) is 12.1 Å². The number of nitrogens with zero attached hydrogens (tertiary/aromatic N) is 1. The molecule has 1 aliphatic carbocycles. The zero-order chi connectivity index (χ0) is 13.0. The zero-order valence-corrected chi connectivity index (χ0v) is 10.9. The zero-order valence-electron chi connectivity index (χ0n) is 10.9. The Balaban J connectivity index is 1.97. The van der Waals surface area contributed by atoms with Crippen LogP contribution in [0.5, 0.6) is 0 Å². The van der Waals surface area contributed by atoms with E-state index in [0.717, 1.165) is 31.2 Å². The van der Waals surface area contributed by atoms with Crippen molar-refractivity contribution in [2.24, 2.45) is 0 Å². The van der Waals surface area contributed by atoms with E-state index in [2.05, 4.69) is 6.92 Å². The van der Waals surface area contributed by atoms with E-state index in [1.807, 2.05) is 4.90 Å². The number of carbonyl (C=O) groups excluding carboxylic acids is 1. The molecule has 3 heteroatoms. The second kappa shape index (κ2) is 5.98. The molecule has 1 saturated carbocycles. The van der Waals surface area contributed by atoms with Crippen LogP contribution in [0.15, 0.2) is 24.3 Å². The summed E-state index contributed by atoms with van der Waals surface area (Å²) in [6.45, 7) is 2.71. The molecule has 2 nitrogen and oxygen atoms in total. The minimum Gasteiger partial charge on any atom is -0.335 e. The number of benzene rings is 1. The van der Waals surface area contributed by atoms with Crippen LogP contribution in [-0.4, -0.2) is 16.8 Å². The third-order valence-corrected chi connectivity index (χ3v) is 3.32. The predicted molar refractivity (Wildman–Crippen MR) is 69.5 cm³/mol. The summed E-state index contributed by atoms with van der Waals surface area (Å²) in [7, 11) is 0. The Labute approximate surface area is 108 Å². The molecule has 0 bridgehead atoms. The van der Waals surface area contributed by atoms with Gasteiger partial charge in [-0.05, 0) is 37.0 Å². The SMILES string of the molecule is CCCCC(=O)N(Cc1ccc(F)cc1)C1CC1. The van der Waals surface area contributed by atoms with Gasteiger partial charge in [-0.1, -0.05) is 25.5 Å². The number of hydrogen-bond donors (Lipinski definition) is 0. The van der Waals surface area contributed by atoms with Crippen molar-refractivity contribution in [3.05, 3.63) is 35.6 Å². The molecule has 1 fully saturated rings. The topological polar surface area (TPSA) is 20.3 Å². The van der Waals surface area contributed by atoms with Gasteiger partial charge in [0.05, 0.1) is 0 Å².